The SMILES string of the molecule is COC(=O)c1ccc(Sc2sc3ccccc3c2N2CCCCC2)cc1. The van der Waals surface area contributed by atoms with E-state index in [1.54, 1.807) is 11.8 Å². The molecule has 0 spiro atoms. The van der Waals surface area contributed by atoms with Gasteiger partial charge in [-0.15, -0.1) is 11.3 Å². The molecule has 0 unspecified atom stereocenters. The molecule has 4 rings (SSSR count). The van der Waals surface area contributed by atoms with E-state index < -0.39 is 0 Å². The van der Waals surface area contributed by atoms with Gasteiger partial charge in [-0.1, -0.05) is 30.0 Å². The standard InChI is InChI=1S/C21H21NO2S2/c1-24-20(23)15-9-11-16(12-10-15)25-21-19(22-13-5-2-6-14-22)17-7-3-4-8-18(17)26-21/h3-4,7-12H,2,5-6,13-14H2,1H3. The van der Waals surface area contributed by atoms with E-state index in [4.69, 9.17) is 4.74 Å². The number of rotatable bonds is 4. The van der Waals surface area contributed by atoms with E-state index in [0.29, 0.717) is 5.56 Å². The number of ether oxygens (including phenoxy) is 1. The van der Waals surface area contributed by atoms with Gasteiger partial charge in [0.25, 0.3) is 0 Å². The predicted molar refractivity (Wildman–Crippen MR) is 110 cm³/mol. The maximum absolute atomic E-state index is 11.6. The van der Waals surface area contributed by atoms with Gasteiger partial charge in [0.05, 0.1) is 22.6 Å². The Balaban J connectivity index is 1.68. The first kappa shape index (κ1) is 17.4. The first-order chi connectivity index (χ1) is 12.8. The van der Waals surface area contributed by atoms with Crippen LogP contribution in [0.3, 0.4) is 0 Å². The molecule has 0 N–H and O–H groups in total. The second kappa shape index (κ2) is 7.72. The second-order valence-electron chi connectivity index (χ2n) is 6.40. The predicted octanol–water partition coefficient (Wildman–Crippen LogP) is 5.83. The summed E-state index contributed by atoms with van der Waals surface area (Å²) in [7, 11) is 1.41. The van der Waals surface area contributed by atoms with Crippen molar-refractivity contribution >= 4 is 44.8 Å². The Morgan fingerprint density at radius 1 is 1.04 bits per heavy atom. The van der Waals surface area contributed by atoms with E-state index in [2.05, 4.69) is 29.2 Å². The van der Waals surface area contributed by atoms with E-state index in [0.717, 1.165) is 18.0 Å². The largest absolute Gasteiger partial charge is 0.465 e. The number of anilines is 1. The molecule has 26 heavy (non-hydrogen) atoms. The van der Waals surface area contributed by atoms with E-state index in [1.807, 2.05) is 35.6 Å². The van der Waals surface area contributed by atoms with Crippen LogP contribution in [-0.4, -0.2) is 26.2 Å². The lowest BCUT2D eigenvalue weighted by Crippen LogP contribution is -2.29. The van der Waals surface area contributed by atoms with Crippen molar-refractivity contribution in [3.63, 3.8) is 0 Å². The zero-order valence-corrected chi connectivity index (χ0v) is 16.4. The van der Waals surface area contributed by atoms with E-state index in [1.165, 1.54) is 46.4 Å². The maximum Gasteiger partial charge on any atom is 0.337 e. The summed E-state index contributed by atoms with van der Waals surface area (Å²) in [6.45, 7) is 2.27. The lowest BCUT2D eigenvalue weighted by atomic mass is 10.1. The van der Waals surface area contributed by atoms with Crippen LogP contribution in [0.15, 0.2) is 57.6 Å². The molecule has 134 valence electrons. The van der Waals surface area contributed by atoms with Gasteiger partial charge < -0.3 is 9.64 Å². The minimum absolute atomic E-state index is 0.294. The van der Waals surface area contributed by atoms with Crippen molar-refractivity contribution in [2.75, 3.05) is 25.1 Å². The Labute approximate surface area is 162 Å². The molecule has 0 saturated carbocycles. The van der Waals surface area contributed by atoms with Gasteiger partial charge in [0, 0.05) is 28.1 Å². The molecular weight excluding hydrogens is 362 g/mol. The van der Waals surface area contributed by atoms with E-state index in [9.17, 15) is 4.79 Å². The number of benzene rings is 2. The van der Waals surface area contributed by atoms with Crippen LogP contribution < -0.4 is 4.90 Å². The topological polar surface area (TPSA) is 29.5 Å². The molecule has 0 atom stereocenters. The third-order valence-corrected chi connectivity index (χ3v) is 7.04. The number of piperidine rings is 1. The fourth-order valence-corrected chi connectivity index (χ4v) is 5.88. The van der Waals surface area contributed by atoms with E-state index in [-0.39, 0.29) is 5.97 Å². The van der Waals surface area contributed by atoms with Crippen LogP contribution in [0.25, 0.3) is 10.1 Å². The van der Waals surface area contributed by atoms with Crippen LogP contribution in [0.2, 0.25) is 0 Å². The zero-order valence-electron chi connectivity index (χ0n) is 14.7. The highest BCUT2D eigenvalue weighted by Gasteiger charge is 2.20. The first-order valence-corrected chi connectivity index (χ1v) is 10.5. The van der Waals surface area contributed by atoms with Crippen LogP contribution >= 0.6 is 23.1 Å². The highest BCUT2D eigenvalue weighted by molar-refractivity contribution is 8.01. The second-order valence-corrected chi connectivity index (χ2v) is 8.79. The molecule has 0 radical (unpaired) electrons. The van der Waals surface area contributed by atoms with Gasteiger partial charge in [-0.3, -0.25) is 0 Å². The molecule has 0 aliphatic carbocycles. The molecule has 1 aliphatic heterocycles. The summed E-state index contributed by atoms with van der Waals surface area (Å²) in [4.78, 5) is 15.3. The van der Waals surface area contributed by atoms with Gasteiger partial charge in [-0.2, -0.15) is 0 Å². The number of methoxy groups -OCH3 is 1. The minimum atomic E-state index is -0.294. The van der Waals surface area contributed by atoms with Gasteiger partial charge in [0.1, 0.15) is 0 Å². The van der Waals surface area contributed by atoms with Crippen LogP contribution in [0.4, 0.5) is 5.69 Å². The van der Waals surface area contributed by atoms with Crippen LogP contribution in [0, 0.1) is 0 Å². The Hall–Kier alpha value is -1.98. The maximum atomic E-state index is 11.6. The molecule has 1 aliphatic rings. The van der Waals surface area contributed by atoms with Crippen molar-refractivity contribution < 1.29 is 9.53 Å². The molecular formula is C21H21NO2S2. The number of hydrogen-bond donors (Lipinski definition) is 0. The smallest absolute Gasteiger partial charge is 0.337 e. The number of thiophene rings is 1. The van der Waals surface area contributed by atoms with Gasteiger partial charge in [0.2, 0.25) is 0 Å². The number of hydrogen-bond acceptors (Lipinski definition) is 5. The summed E-state index contributed by atoms with van der Waals surface area (Å²) in [5.41, 5.74) is 1.97. The number of esters is 1. The highest BCUT2D eigenvalue weighted by Crippen LogP contribution is 2.47. The van der Waals surface area contributed by atoms with Crippen molar-refractivity contribution in [2.45, 2.75) is 28.4 Å². The van der Waals surface area contributed by atoms with Crippen molar-refractivity contribution in [2.24, 2.45) is 0 Å². The van der Waals surface area contributed by atoms with Crippen molar-refractivity contribution in [3.8, 4) is 0 Å². The van der Waals surface area contributed by atoms with E-state index >= 15 is 0 Å². The fourth-order valence-electron chi connectivity index (χ4n) is 3.38. The molecule has 0 amide bonds. The summed E-state index contributed by atoms with van der Waals surface area (Å²) in [5, 5.41) is 1.35. The Morgan fingerprint density at radius 2 is 1.77 bits per heavy atom. The third kappa shape index (κ3) is 3.46. The molecule has 2 heterocycles. The minimum Gasteiger partial charge on any atom is -0.465 e. The number of carbonyl (C=O) groups is 1. The quantitative estimate of drug-likeness (QED) is 0.530. The average molecular weight is 384 g/mol. The van der Waals surface area contributed by atoms with Crippen molar-refractivity contribution in [1.82, 2.24) is 0 Å². The molecule has 5 heteroatoms. The van der Waals surface area contributed by atoms with Gasteiger partial charge in [0.15, 0.2) is 0 Å². The molecule has 3 aromatic rings. The molecule has 1 fully saturated rings. The monoisotopic (exact) mass is 383 g/mol. The Morgan fingerprint density at radius 3 is 2.50 bits per heavy atom. The average Bonchev–Trinajstić information content (AvgIpc) is 3.06. The molecule has 1 aromatic heterocycles. The number of carbonyl (C=O) groups excluding carboxylic acids is 1. The molecule has 3 nitrogen and oxygen atoms in total. The van der Waals surface area contributed by atoms with Crippen LogP contribution in [0.1, 0.15) is 29.6 Å². The summed E-state index contributed by atoms with van der Waals surface area (Å²) < 4.78 is 7.45. The lowest BCUT2D eigenvalue weighted by molar-refractivity contribution is 0.0600. The summed E-state index contributed by atoms with van der Waals surface area (Å²) in [6.07, 6.45) is 3.86. The fraction of sp³-hybridized carbons (Fsp3) is 0.286. The highest BCUT2D eigenvalue weighted by atomic mass is 32.2. The van der Waals surface area contributed by atoms with Gasteiger partial charge >= 0.3 is 5.97 Å². The first-order valence-electron chi connectivity index (χ1n) is 8.89. The molecule has 1 saturated heterocycles. The normalized spacial score (nSPS) is 14.6. The van der Waals surface area contributed by atoms with Crippen LogP contribution in [0.5, 0.6) is 0 Å². The molecule has 2 aromatic carbocycles. The van der Waals surface area contributed by atoms with Crippen molar-refractivity contribution in [3.05, 3.63) is 54.1 Å². The van der Waals surface area contributed by atoms with Crippen molar-refractivity contribution in [1.29, 1.82) is 0 Å². The molecule has 0 bridgehead atoms. The third-order valence-electron chi connectivity index (χ3n) is 4.70. The summed E-state index contributed by atoms with van der Waals surface area (Å²) in [5.74, 6) is -0.294. The Bertz CT molecular complexity index is 911. The zero-order chi connectivity index (χ0) is 17.9. The number of nitrogens with zero attached hydrogens (tertiary/aromatic N) is 1. The van der Waals surface area contributed by atoms with Gasteiger partial charge in [-0.05, 0) is 49.6 Å². The summed E-state index contributed by atoms with van der Waals surface area (Å²) in [6, 6.07) is 16.4. The van der Waals surface area contributed by atoms with Crippen LogP contribution in [-0.2, 0) is 4.74 Å². The Kier molecular flexibility index (Phi) is 5.18. The number of fused-ring (bicyclic) bond motifs is 1. The lowest BCUT2D eigenvalue weighted by Gasteiger charge is -2.29. The summed E-state index contributed by atoms with van der Waals surface area (Å²) >= 11 is 3.64. The van der Waals surface area contributed by atoms with Gasteiger partial charge in [-0.25, -0.2) is 4.79 Å².